The molecule has 1 atom stereocenters. The average Bonchev–Trinajstić information content (AvgIpc) is 2.54. The normalized spacial score (nSPS) is 12.4. The molecule has 1 unspecified atom stereocenters. The number of amides is 1. The van der Waals surface area contributed by atoms with Crippen LogP contribution >= 0.6 is 11.6 Å². The number of benzene rings is 2. The topological polar surface area (TPSA) is 66.5 Å². The SMILES string of the molecule is CC(NC(=O)CCN(c1cccc(Cl)c1)S(C)(=O)=O)c1ccccc1. The molecule has 0 spiro atoms. The van der Waals surface area contributed by atoms with Crippen molar-refractivity contribution in [3.63, 3.8) is 0 Å². The number of sulfonamides is 1. The first-order valence-electron chi connectivity index (χ1n) is 7.85. The van der Waals surface area contributed by atoms with Crippen LogP contribution in [0.1, 0.15) is 24.9 Å². The number of carbonyl (C=O) groups excluding carboxylic acids is 1. The number of hydrogen-bond donors (Lipinski definition) is 1. The third kappa shape index (κ3) is 5.76. The number of nitrogens with one attached hydrogen (secondary N) is 1. The summed E-state index contributed by atoms with van der Waals surface area (Å²) in [5, 5.41) is 3.32. The Labute approximate surface area is 153 Å². The molecular weight excluding hydrogens is 360 g/mol. The van der Waals surface area contributed by atoms with Crippen molar-refractivity contribution >= 4 is 33.2 Å². The van der Waals surface area contributed by atoms with E-state index in [0.29, 0.717) is 10.7 Å². The Balaban J connectivity index is 2.02. The van der Waals surface area contributed by atoms with Gasteiger partial charge in [-0.15, -0.1) is 0 Å². The lowest BCUT2D eigenvalue weighted by atomic mass is 10.1. The van der Waals surface area contributed by atoms with Gasteiger partial charge in [-0.1, -0.05) is 48.0 Å². The molecule has 0 aromatic heterocycles. The van der Waals surface area contributed by atoms with Crippen molar-refractivity contribution in [2.75, 3.05) is 17.1 Å². The smallest absolute Gasteiger partial charge is 0.232 e. The Hall–Kier alpha value is -2.05. The predicted octanol–water partition coefficient (Wildman–Crippen LogP) is 3.37. The molecule has 5 nitrogen and oxygen atoms in total. The first-order chi connectivity index (χ1) is 11.8. The van der Waals surface area contributed by atoms with Crippen LogP contribution in [0.3, 0.4) is 0 Å². The Bertz CT molecular complexity index is 825. The molecule has 1 N–H and O–H groups in total. The van der Waals surface area contributed by atoms with E-state index in [9.17, 15) is 13.2 Å². The van der Waals surface area contributed by atoms with Crippen molar-refractivity contribution in [3.05, 3.63) is 65.2 Å². The van der Waals surface area contributed by atoms with Gasteiger partial charge in [0.15, 0.2) is 0 Å². The quantitative estimate of drug-likeness (QED) is 0.800. The maximum atomic E-state index is 12.2. The first-order valence-corrected chi connectivity index (χ1v) is 10.1. The summed E-state index contributed by atoms with van der Waals surface area (Å²) in [7, 11) is -3.52. The zero-order valence-electron chi connectivity index (χ0n) is 14.1. The van der Waals surface area contributed by atoms with Crippen molar-refractivity contribution in [3.8, 4) is 0 Å². The van der Waals surface area contributed by atoms with E-state index in [1.54, 1.807) is 24.3 Å². The highest BCUT2D eigenvalue weighted by Crippen LogP contribution is 2.22. The second-order valence-corrected chi connectivity index (χ2v) is 8.11. The highest BCUT2D eigenvalue weighted by Gasteiger charge is 2.19. The predicted molar refractivity (Wildman–Crippen MR) is 101 cm³/mol. The van der Waals surface area contributed by atoms with Gasteiger partial charge in [0.1, 0.15) is 0 Å². The van der Waals surface area contributed by atoms with E-state index in [1.165, 1.54) is 4.31 Å². The van der Waals surface area contributed by atoms with E-state index in [2.05, 4.69) is 5.32 Å². The zero-order valence-corrected chi connectivity index (χ0v) is 15.7. The average molecular weight is 381 g/mol. The fourth-order valence-corrected chi connectivity index (χ4v) is 3.56. The van der Waals surface area contributed by atoms with Gasteiger partial charge in [-0.2, -0.15) is 0 Å². The van der Waals surface area contributed by atoms with Crippen molar-refractivity contribution in [1.82, 2.24) is 5.32 Å². The monoisotopic (exact) mass is 380 g/mol. The summed E-state index contributed by atoms with van der Waals surface area (Å²) in [5.74, 6) is -0.216. The van der Waals surface area contributed by atoms with Gasteiger partial charge in [-0.05, 0) is 30.7 Å². The summed E-state index contributed by atoms with van der Waals surface area (Å²) in [6.07, 6.45) is 1.16. The minimum atomic E-state index is -3.52. The largest absolute Gasteiger partial charge is 0.350 e. The van der Waals surface area contributed by atoms with Crippen LogP contribution in [0.2, 0.25) is 5.02 Å². The van der Waals surface area contributed by atoms with Crippen LogP contribution in [0.15, 0.2) is 54.6 Å². The Kier molecular flexibility index (Phi) is 6.45. The van der Waals surface area contributed by atoms with Crippen molar-refractivity contribution in [2.45, 2.75) is 19.4 Å². The molecule has 0 aliphatic carbocycles. The van der Waals surface area contributed by atoms with E-state index < -0.39 is 10.0 Å². The maximum absolute atomic E-state index is 12.2. The molecule has 0 aliphatic rings. The summed E-state index contributed by atoms with van der Waals surface area (Å²) in [6.45, 7) is 1.94. The fraction of sp³-hybridized carbons (Fsp3) is 0.278. The van der Waals surface area contributed by atoms with Gasteiger partial charge in [0.25, 0.3) is 0 Å². The van der Waals surface area contributed by atoms with Crippen LogP contribution in [0, 0.1) is 0 Å². The number of anilines is 1. The van der Waals surface area contributed by atoms with E-state index in [1.807, 2.05) is 37.3 Å². The minimum Gasteiger partial charge on any atom is -0.350 e. The fourth-order valence-electron chi connectivity index (χ4n) is 2.46. The molecule has 1 amide bonds. The molecule has 0 fully saturated rings. The van der Waals surface area contributed by atoms with E-state index in [4.69, 9.17) is 11.6 Å². The van der Waals surface area contributed by atoms with Crippen LogP contribution in [0.4, 0.5) is 5.69 Å². The molecule has 2 rings (SSSR count). The molecule has 0 saturated heterocycles. The van der Waals surface area contributed by atoms with Crippen LogP contribution in [-0.4, -0.2) is 27.1 Å². The molecule has 0 heterocycles. The van der Waals surface area contributed by atoms with Gasteiger partial charge < -0.3 is 5.32 Å². The van der Waals surface area contributed by atoms with Gasteiger partial charge in [0.2, 0.25) is 15.9 Å². The van der Waals surface area contributed by atoms with E-state index in [0.717, 1.165) is 11.8 Å². The van der Waals surface area contributed by atoms with E-state index >= 15 is 0 Å². The van der Waals surface area contributed by atoms with Gasteiger partial charge in [0.05, 0.1) is 18.0 Å². The summed E-state index contributed by atoms with van der Waals surface area (Å²) in [4.78, 5) is 12.2. The van der Waals surface area contributed by atoms with Crippen LogP contribution in [0.5, 0.6) is 0 Å². The lowest BCUT2D eigenvalue weighted by Crippen LogP contribution is -2.35. The lowest BCUT2D eigenvalue weighted by Gasteiger charge is -2.23. The second kappa shape index (κ2) is 8.36. The standard InChI is InChI=1S/C18H21ClN2O3S/c1-14(15-7-4-3-5-8-15)20-18(22)11-12-21(25(2,23)24)17-10-6-9-16(19)13-17/h3-10,13-14H,11-12H2,1-2H3,(H,20,22). The summed E-state index contributed by atoms with van der Waals surface area (Å²) in [5.41, 5.74) is 1.43. The molecule has 2 aromatic carbocycles. The van der Waals surface area contributed by atoms with Crippen LogP contribution in [0.25, 0.3) is 0 Å². The molecule has 0 radical (unpaired) electrons. The Morgan fingerprint density at radius 3 is 2.44 bits per heavy atom. The highest BCUT2D eigenvalue weighted by atomic mass is 35.5. The van der Waals surface area contributed by atoms with Crippen molar-refractivity contribution < 1.29 is 13.2 Å². The van der Waals surface area contributed by atoms with E-state index in [-0.39, 0.29) is 24.9 Å². The maximum Gasteiger partial charge on any atom is 0.232 e. The van der Waals surface area contributed by atoms with Gasteiger partial charge in [0, 0.05) is 18.0 Å². The third-order valence-corrected chi connectivity index (χ3v) is 5.14. The Morgan fingerprint density at radius 2 is 1.84 bits per heavy atom. The van der Waals surface area contributed by atoms with Crippen LogP contribution in [-0.2, 0) is 14.8 Å². The third-order valence-electron chi connectivity index (χ3n) is 3.72. The number of halogens is 1. The molecule has 2 aromatic rings. The van der Waals surface area contributed by atoms with Gasteiger partial charge in [-0.25, -0.2) is 8.42 Å². The molecule has 0 aliphatic heterocycles. The lowest BCUT2D eigenvalue weighted by molar-refractivity contribution is -0.121. The molecule has 7 heteroatoms. The van der Waals surface area contributed by atoms with Gasteiger partial charge >= 0.3 is 0 Å². The first kappa shape index (κ1) is 19.3. The van der Waals surface area contributed by atoms with Crippen molar-refractivity contribution in [2.24, 2.45) is 0 Å². The van der Waals surface area contributed by atoms with Crippen LogP contribution < -0.4 is 9.62 Å². The number of hydrogen-bond acceptors (Lipinski definition) is 3. The molecule has 0 saturated carbocycles. The summed E-state index contributed by atoms with van der Waals surface area (Å²) in [6, 6.07) is 16.0. The zero-order chi connectivity index (χ0) is 18.4. The Morgan fingerprint density at radius 1 is 1.16 bits per heavy atom. The number of carbonyl (C=O) groups is 1. The summed E-state index contributed by atoms with van der Waals surface area (Å²) < 4.78 is 25.3. The number of rotatable bonds is 7. The molecule has 134 valence electrons. The molecule has 0 bridgehead atoms. The van der Waals surface area contributed by atoms with Crippen molar-refractivity contribution in [1.29, 1.82) is 0 Å². The minimum absolute atomic E-state index is 0.0481. The number of nitrogens with zero attached hydrogens (tertiary/aromatic N) is 1. The highest BCUT2D eigenvalue weighted by molar-refractivity contribution is 7.92. The van der Waals surface area contributed by atoms with Gasteiger partial charge in [-0.3, -0.25) is 9.10 Å². The molecular formula is C18H21ClN2O3S. The summed E-state index contributed by atoms with van der Waals surface area (Å²) >= 11 is 5.94. The molecule has 25 heavy (non-hydrogen) atoms. The second-order valence-electron chi connectivity index (χ2n) is 5.76.